The summed E-state index contributed by atoms with van der Waals surface area (Å²) in [4.78, 5) is 32.5. The number of likely N-dealkylation sites (N-methyl/N-ethyl adjacent to an activating group) is 2. The van der Waals surface area contributed by atoms with Gasteiger partial charge in [-0.3, -0.25) is 9.59 Å². The molecule has 0 saturated heterocycles. The highest BCUT2D eigenvalue weighted by Gasteiger charge is 2.21. The summed E-state index contributed by atoms with van der Waals surface area (Å²) in [6.45, 7) is 7.59. The molecule has 0 radical (unpaired) electrons. The third-order valence-electron chi connectivity index (χ3n) is 5.73. The number of fused-ring (bicyclic) bond motifs is 1. The molecule has 166 valence electrons. The summed E-state index contributed by atoms with van der Waals surface area (Å²) < 4.78 is 1.51. The normalized spacial score (nSPS) is 11.7. The van der Waals surface area contributed by atoms with Crippen molar-refractivity contribution < 1.29 is 4.79 Å². The van der Waals surface area contributed by atoms with Crippen molar-refractivity contribution in [2.75, 3.05) is 34.2 Å². The molecule has 1 aromatic carbocycles. The van der Waals surface area contributed by atoms with Gasteiger partial charge in [-0.2, -0.15) is 0 Å². The lowest BCUT2D eigenvalue weighted by molar-refractivity contribution is 0.0786. The van der Waals surface area contributed by atoms with Crippen molar-refractivity contribution in [1.82, 2.24) is 19.4 Å². The van der Waals surface area contributed by atoms with E-state index in [1.54, 1.807) is 11.9 Å². The van der Waals surface area contributed by atoms with Gasteiger partial charge >= 0.3 is 0 Å². The number of nitrogens with zero attached hydrogens (tertiary/aromatic N) is 3. The molecule has 3 aromatic rings. The second-order valence-corrected chi connectivity index (χ2v) is 9.13. The first-order valence-electron chi connectivity index (χ1n) is 10.4. The van der Waals surface area contributed by atoms with Gasteiger partial charge in [0, 0.05) is 55.4 Å². The topological polar surface area (TPSA) is 61.3 Å². The van der Waals surface area contributed by atoms with Crippen LogP contribution in [0.4, 0.5) is 0 Å². The number of benzene rings is 1. The van der Waals surface area contributed by atoms with Crippen LogP contribution in [0, 0.1) is 6.92 Å². The Hall–Kier alpha value is -2.57. The molecule has 7 heteroatoms. The molecule has 6 nitrogen and oxygen atoms in total. The van der Waals surface area contributed by atoms with E-state index >= 15 is 0 Å². The number of carbonyl (C=O) groups excluding carboxylic acids is 1. The third-order valence-corrected chi connectivity index (χ3v) is 6.17. The van der Waals surface area contributed by atoms with E-state index in [0.717, 1.165) is 39.8 Å². The molecule has 2 aromatic heterocycles. The number of aromatic nitrogens is 2. The highest BCUT2D eigenvalue weighted by atomic mass is 35.5. The Morgan fingerprint density at radius 2 is 1.87 bits per heavy atom. The van der Waals surface area contributed by atoms with Gasteiger partial charge in [0.25, 0.3) is 11.5 Å². The SMILES string of the molecule is Cc1c(-c2[nH]c3ccc(C(=O)N(C)CCN(C)C)cc3c2C(C)C)cn(C)c(=O)c1Cl. The van der Waals surface area contributed by atoms with Crippen molar-refractivity contribution in [3.8, 4) is 11.3 Å². The molecule has 0 atom stereocenters. The van der Waals surface area contributed by atoms with E-state index in [9.17, 15) is 9.59 Å². The first kappa shape index (κ1) is 23.1. The average Bonchev–Trinajstić information content (AvgIpc) is 3.11. The highest BCUT2D eigenvalue weighted by Crippen LogP contribution is 2.38. The van der Waals surface area contributed by atoms with E-state index in [2.05, 4.69) is 23.7 Å². The minimum Gasteiger partial charge on any atom is -0.354 e. The molecule has 0 aliphatic heterocycles. The second kappa shape index (κ2) is 8.89. The Morgan fingerprint density at radius 1 is 1.19 bits per heavy atom. The zero-order valence-electron chi connectivity index (χ0n) is 19.3. The first-order valence-corrected chi connectivity index (χ1v) is 10.8. The van der Waals surface area contributed by atoms with Gasteiger partial charge in [0.05, 0.1) is 5.69 Å². The minimum absolute atomic E-state index is 0.00235. The van der Waals surface area contributed by atoms with Crippen molar-refractivity contribution in [1.29, 1.82) is 0 Å². The standard InChI is InChI=1S/C24H31ClN4O2/c1-14(2)20-17-12-16(23(30)28(6)11-10-27(4)5)8-9-19(17)26-22(20)18-13-29(7)24(31)21(25)15(18)3/h8-9,12-14,26H,10-11H2,1-7H3. The Labute approximate surface area is 188 Å². The van der Waals surface area contributed by atoms with Crippen LogP contribution < -0.4 is 5.56 Å². The number of pyridine rings is 1. The molecular weight excluding hydrogens is 412 g/mol. The van der Waals surface area contributed by atoms with Crippen molar-refractivity contribution in [2.24, 2.45) is 7.05 Å². The minimum atomic E-state index is -0.209. The quantitative estimate of drug-likeness (QED) is 0.620. The number of hydrogen-bond donors (Lipinski definition) is 1. The fourth-order valence-corrected chi connectivity index (χ4v) is 4.10. The lowest BCUT2D eigenvalue weighted by Gasteiger charge is -2.20. The zero-order valence-corrected chi connectivity index (χ0v) is 20.1. The molecule has 0 aliphatic carbocycles. The summed E-state index contributed by atoms with van der Waals surface area (Å²) in [6, 6.07) is 5.79. The summed E-state index contributed by atoms with van der Waals surface area (Å²) in [6.07, 6.45) is 1.82. The number of carbonyl (C=O) groups is 1. The van der Waals surface area contributed by atoms with Crippen LogP contribution in [0.2, 0.25) is 5.02 Å². The molecule has 0 bridgehead atoms. The van der Waals surface area contributed by atoms with Crippen LogP contribution in [0.15, 0.2) is 29.2 Å². The van der Waals surface area contributed by atoms with E-state index < -0.39 is 0 Å². The molecule has 1 amide bonds. The van der Waals surface area contributed by atoms with Crippen molar-refractivity contribution in [3.63, 3.8) is 0 Å². The largest absolute Gasteiger partial charge is 0.354 e. The molecule has 3 rings (SSSR count). The number of H-pyrrole nitrogens is 1. The number of rotatable bonds is 6. The summed E-state index contributed by atoms with van der Waals surface area (Å²) in [7, 11) is 7.52. The maximum absolute atomic E-state index is 13.0. The summed E-state index contributed by atoms with van der Waals surface area (Å²) >= 11 is 6.32. The molecule has 0 spiro atoms. The highest BCUT2D eigenvalue weighted by molar-refractivity contribution is 6.31. The van der Waals surface area contributed by atoms with Gasteiger partial charge in [0.1, 0.15) is 5.02 Å². The Bertz CT molecular complexity index is 1190. The number of halogens is 1. The van der Waals surface area contributed by atoms with E-state index in [-0.39, 0.29) is 22.4 Å². The van der Waals surface area contributed by atoms with Gasteiger partial charge in [-0.25, -0.2) is 0 Å². The molecule has 0 unspecified atom stereocenters. The molecule has 1 N–H and O–H groups in total. The molecule has 2 heterocycles. The molecule has 0 fully saturated rings. The fraction of sp³-hybridized carbons (Fsp3) is 0.417. The maximum Gasteiger partial charge on any atom is 0.269 e. The lowest BCUT2D eigenvalue weighted by Crippen LogP contribution is -2.33. The summed E-state index contributed by atoms with van der Waals surface area (Å²) in [5.74, 6) is 0.207. The van der Waals surface area contributed by atoms with Crippen LogP contribution in [0.3, 0.4) is 0 Å². The van der Waals surface area contributed by atoms with Gasteiger partial charge in [-0.15, -0.1) is 0 Å². The predicted octanol–water partition coefficient (Wildman–Crippen LogP) is 4.25. The second-order valence-electron chi connectivity index (χ2n) is 8.76. The number of hydrogen-bond acceptors (Lipinski definition) is 3. The van der Waals surface area contributed by atoms with Crippen LogP contribution >= 0.6 is 11.6 Å². The summed E-state index contributed by atoms with van der Waals surface area (Å²) in [5, 5.41) is 1.24. The van der Waals surface area contributed by atoms with Crippen LogP contribution in [0.25, 0.3) is 22.2 Å². The molecule has 0 aliphatic rings. The number of aryl methyl sites for hydroxylation is 1. The monoisotopic (exact) mass is 442 g/mol. The van der Waals surface area contributed by atoms with Crippen molar-refractivity contribution in [3.05, 3.63) is 56.5 Å². The van der Waals surface area contributed by atoms with Crippen molar-refractivity contribution in [2.45, 2.75) is 26.7 Å². The maximum atomic E-state index is 13.0. The average molecular weight is 443 g/mol. The van der Waals surface area contributed by atoms with E-state index in [0.29, 0.717) is 12.1 Å². The Kier molecular flexibility index (Phi) is 6.62. The van der Waals surface area contributed by atoms with Gasteiger partial charge in [0.2, 0.25) is 0 Å². The van der Waals surface area contributed by atoms with Crippen LogP contribution in [-0.2, 0) is 7.05 Å². The summed E-state index contributed by atoms with van der Waals surface area (Å²) in [5.41, 5.74) is 5.09. The number of nitrogens with one attached hydrogen (secondary N) is 1. The Balaban J connectivity index is 2.14. The van der Waals surface area contributed by atoms with Crippen molar-refractivity contribution >= 4 is 28.4 Å². The predicted molar refractivity (Wildman–Crippen MR) is 128 cm³/mol. The first-order chi connectivity index (χ1) is 14.5. The van der Waals surface area contributed by atoms with Gasteiger partial charge in [-0.1, -0.05) is 25.4 Å². The lowest BCUT2D eigenvalue weighted by atomic mass is 9.94. The van der Waals surface area contributed by atoms with E-state index in [1.165, 1.54) is 4.57 Å². The van der Waals surface area contributed by atoms with Gasteiger partial charge < -0.3 is 19.4 Å². The fourth-order valence-electron chi connectivity index (χ4n) is 3.86. The van der Waals surface area contributed by atoms with Crippen LogP contribution in [0.5, 0.6) is 0 Å². The molecule has 31 heavy (non-hydrogen) atoms. The van der Waals surface area contributed by atoms with Crippen LogP contribution in [0.1, 0.15) is 41.3 Å². The Morgan fingerprint density at radius 3 is 2.48 bits per heavy atom. The van der Waals surface area contributed by atoms with E-state index in [4.69, 9.17) is 11.6 Å². The number of aromatic amines is 1. The molecule has 0 saturated carbocycles. The third kappa shape index (κ3) is 4.41. The van der Waals surface area contributed by atoms with Gasteiger partial charge in [0.15, 0.2) is 0 Å². The van der Waals surface area contributed by atoms with Gasteiger partial charge in [-0.05, 0) is 56.3 Å². The zero-order chi connectivity index (χ0) is 23.0. The number of amides is 1. The van der Waals surface area contributed by atoms with E-state index in [1.807, 2.05) is 52.5 Å². The van der Waals surface area contributed by atoms with Crippen LogP contribution in [-0.4, -0.2) is 59.5 Å². The smallest absolute Gasteiger partial charge is 0.269 e. The molecular formula is C24H31ClN4O2.